The first-order valence-corrected chi connectivity index (χ1v) is 6.85. The number of amidine groups is 1. The predicted molar refractivity (Wildman–Crippen MR) is 79.5 cm³/mol. The van der Waals surface area contributed by atoms with Crippen molar-refractivity contribution in [3.63, 3.8) is 0 Å². The molecule has 0 fully saturated rings. The highest BCUT2D eigenvalue weighted by Gasteiger charge is 2.15. The number of nitrogens with one attached hydrogen (secondary N) is 1. The molecule has 1 aromatic rings. The van der Waals surface area contributed by atoms with Gasteiger partial charge in [-0.25, -0.2) is 4.39 Å². The number of methoxy groups -OCH3 is 1. The molecule has 112 valence electrons. The minimum absolute atomic E-state index is 0.117. The zero-order valence-electron chi connectivity index (χ0n) is 12.4. The van der Waals surface area contributed by atoms with Crippen LogP contribution in [0.4, 0.5) is 4.39 Å². The van der Waals surface area contributed by atoms with Crippen LogP contribution in [0.5, 0.6) is 0 Å². The van der Waals surface area contributed by atoms with Gasteiger partial charge in [-0.1, -0.05) is 19.1 Å². The van der Waals surface area contributed by atoms with Crippen molar-refractivity contribution in [2.75, 3.05) is 20.3 Å². The van der Waals surface area contributed by atoms with Crippen LogP contribution < -0.4 is 5.73 Å². The molecule has 1 rings (SSSR count). The second-order valence-electron chi connectivity index (χ2n) is 4.94. The summed E-state index contributed by atoms with van der Waals surface area (Å²) in [5.41, 5.74) is 6.39. The van der Waals surface area contributed by atoms with Gasteiger partial charge in [-0.15, -0.1) is 0 Å². The van der Waals surface area contributed by atoms with Crippen LogP contribution in [-0.4, -0.2) is 37.0 Å². The molecule has 0 aliphatic heterocycles. The van der Waals surface area contributed by atoms with E-state index in [1.807, 2.05) is 0 Å². The molecule has 5 heteroatoms. The Morgan fingerprint density at radius 1 is 1.50 bits per heavy atom. The van der Waals surface area contributed by atoms with Gasteiger partial charge in [-0.3, -0.25) is 10.3 Å². The van der Waals surface area contributed by atoms with Crippen LogP contribution in [0.15, 0.2) is 18.2 Å². The third-order valence-corrected chi connectivity index (χ3v) is 3.53. The van der Waals surface area contributed by atoms with Gasteiger partial charge in [0.1, 0.15) is 11.7 Å². The Bertz CT molecular complexity index is 451. The molecule has 3 N–H and O–H groups in total. The molecule has 0 bridgehead atoms. The average molecular weight is 281 g/mol. The number of ether oxygens (including phenoxy) is 1. The Kier molecular flexibility index (Phi) is 6.61. The number of nitrogen functional groups attached to an aromatic ring is 1. The zero-order chi connectivity index (χ0) is 15.1. The maximum absolute atomic E-state index is 14.1. The maximum Gasteiger partial charge on any atom is 0.128 e. The van der Waals surface area contributed by atoms with E-state index in [9.17, 15) is 4.39 Å². The lowest BCUT2D eigenvalue weighted by atomic mass is 10.1. The molecule has 0 aromatic heterocycles. The lowest BCUT2D eigenvalue weighted by Gasteiger charge is -2.28. The quantitative estimate of drug-likeness (QED) is 0.568. The van der Waals surface area contributed by atoms with Gasteiger partial charge < -0.3 is 10.5 Å². The third kappa shape index (κ3) is 4.58. The largest absolute Gasteiger partial charge is 0.384 e. The highest BCUT2D eigenvalue weighted by atomic mass is 19.1. The number of hydrogen-bond donors (Lipinski definition) is 2. The average Bonchev–Trinajstić information content (AvgIpc) is 2.43. The Hall–Kier alpha value is -1.46. The molecule has 0 radical (unpaired) electrons. The third-order valence-electron chi connectivity index (χ3n) is 3.53. The molecule has 0 amide bonds. The Labute approximate surface area is 120 Å². The summed E-state index contributed by atoms with van der Waals surface area (Å²) in [5, 5.41) is 7.32. The van der Waals surface area contributed by atoms with Crippen molar-refractivity contribution < 1.29 is 9.13 Å². The SMILES string of the molecule is CCC(C)N(CCOC)Cc1ccc(C(=N)N)cc1F. The minimum atomic E-state index is -0.316. The smallest absolute Gasteiger partial charge is 0.128 e. The second kappa shape index (κ2) is 7.97. The van der Waals surface area contributed by atoms with Gasteiger partial charge in [-0.05, 0) is 19.4 Å². The van der Waals surface area contributed by atoms with Crippen molar-refractivity contribution in [3.05, 3.63) is 35.1 Å². The molecule has 0 spiro atoms. The van der Waals surface area contributed by atoms with E-state index in [-0.39, 0.29) is 11.7 Å². The molecule has 1 unspecified atom stereocenters. The van der Waals surface area contributed by atoms with Crippen molar-refractivity contribution in [1.29, 1.82) is 5.41 Å². The fourth-order valence-electron chi connectivity index (χ4n) is 1.98. The fraction of sp³-hybridized carbons (Fsp3) is 0.533. The molecule has 0 aliphatic rings. The molecule has 20 heavy (non-hydrogen) atoms. The van der Waals surface area contributed by atoms with Crippen LogP contribution in [-0.2, 0) is 11.3 Å². The second-order valence-corrected chi connectivity index (χ2v) is 4.94. The van der Waals surface area contributed by atoms with Crippen LogP contribution >= 0.6 is 0 Å². The van der Waals surface area contributed by atoms with Crippen molar-refractivity contribution in [3.8, 4) is 0 Å². The van der Waals surface area contributed by atoms with E-state index in [1.165, 1.54) is 6.07 Å². The van der Waals surface area contributed by atoms with E-state index >= 15 is 0 Å². The molecule has 0 heterocycles. The topological polar surface area (TPSA) is 62.3 Å². The van der Waals surface area contributed by atoms with E-state index in [1.54, 1.807) is 19.2 Å². The van der Waals surface area contributed by atoms with Gasteiger partial charge >= 0.3 is 0 Å². The molecule has 1 aromatic carbocycles. The van der Waals surface area contributed by atoms with Crippen molar-refractivity contribution in [1.82, 2.24) is 4.90 Å². The van der Waals surface area contributed by atoms with Crippen LogP contribution in [0.3, 0.4) is 0 Å². The summed E-state index contributed by atoms with van der Waals surface area (Å²) in [6.45, 7) is 6.15. The number of halogens is 1. The summed E-state index contributed by atoms with van der Waals surface area (Å²) in [7, 11) is 1.66. The molecule has 1 atom stereocenters. The Balaban J connectivity index is 2.84. The number of nitrogens with zero attached hydrogens (tertiary/aromatic N) is 1. The van der Waals surface area contributed by atoms with Gasteiger partial charge in [0.2, 0.25) is 0 Å². The number of hydrogen-bond acceptors (Lipinski definition) is 3. The first-order chi connectivity index (χ1) is 9.49. The number of rotatable bonds is 8. The van der Waals surface area contributed by atoms with Crippen LogP contribution in [0, 0.1) is 11.2 Å². The lowest BCUT2D eigenvalue weighted by Crippen LogP contribution is -2.35. The van der Waals surface area contributed by atoms with Crippen LogP contribution in [0.2, 0.25) is 0 Å². The maximum atomic E-state index is 14.1. The summed E-state index contributed by atoms with van der Waals surface area (Å²) in [4.78, 5) is 2.19. The van der Waals surface area contributed by atoms with E-state index in [0.717, 1.165) is 13.0 Å². The van der Waals surface area contributed by atoms with E-state index < -0.39 is 0 Å². The minimum Gasteiger partial charge on any atom is -0.384 e. The highest BCUT2D eigenvalue weighted by molar-refractivity contribution is 5.94. The van der Waals surface area contributed by atoms with Gasteiger partial charge in [0, 0.05) is 37.4 Å². The van der Waals surface area contributed by atoms with E-state index in [4.69, 9.17) is 15.9 Å². The summed E-state index contributed by atoms with van der Waals surface area (Å²) < 4.78 is 19.2. The molecule has 4 nitrogen and oxygen atoms in total. The Morgan fingerprint density at radius 2 is 2.20 bits per heavy atom. The summed E-state index contributed by atoms with van der Waals surface area (Å²) in [6, 6.07) is 5.07. The standard InChI is InChI=1S/C15H24FN3O/c1-4-11(2)19(7-8-20-3)10-13-6-5-12(15(17)18)9-14(13)16/h5-6,9,11H,4,7-8,10H2,1-3H3,(H3,17,18). The first-order valence-electron chi connectivity index (χ1n) is 6.85. The molecular weight excluding hydrogens is 257 g/mol. The zero-order valence-corrected chi connectivity index (χ0v) is 12.4. The monoisotopic (exact) mass is 281 g/mol. The molecule has 0 saturated carbocycles. The normalized spacial score (nSPS) is 12.7. The van der Waals surface area contributed by atoms with Gasteiger partial charge in [0.05, 0.1) is 6.61 Å². The summed E-state index contributed by atoms with van der Waals surface area (Å²) >= 11 is 0. The van der Waals surface area contributed by atoms with E-state index in [2.05, 4.69) is 18.7 Å². The van der Waals surface area contributed by atoms with Crippen molar-refractivity contribution in [2.45, 2.75) is 32.9 Å². The molecule has 0 saturated heterocycles. The Morgan fingerprint density at radius 3 is 2.70 bits per heavy atom. The fourth-order valence-corrected chi connectivity index (χ4v) is 1.98. The van der Waals surface area contributed by atoms with Gasteiger partial charge in [0.25, 0.3) is 0 Å². The summed E-state index contributed by atoms with van der Waals surface area (Å²) in [6.07, 6.45) is 0.997. The predicted octanol–water partition coefficient (Wildman–Crippen LogP) is 2.36. The van der Waals surface area contributed by atoms with Gasteiger partial charge in [-0.2, -0.15) is 0 Å². The molecule has 0 aliphatic carbocycles. The first kappa shape index (κ1) is 16.6. The summed E-state index contributed by atoms with van der Waals surface area (Å²) in [5.74, 6) is -0.433. The number of nitrogens with two attached hydrogens (primary N) is 1. The molecular formula is C15H24FN3O. The van der Waals surface area contributed by atoms with Crippen LogP contribution in [0.25, 0.3) is 0 Å². The van der Waals surface area contributed by atoms with Gasteiger partial charge in [0.15, 0.2) is 0 Å². The highest BCUT2D eigenvalue weighted by Crippen LogP contribution is 2.15. The lowest BCUT2D eigenvalue weighted by molar-refractivity contribution is 0.117. The van der Waals surface area contributed by atoms with Crippen molar-refractivity contribution >= 4 is 5.84 Å². The van der Waals surface area contributed by atoms with Crippen molar-refractivity contribution in [2.24, 2.45) is 5.73 Å². The van der Waals surface area contributed by atoms with E-state index in [0.29, 0.717) is 30.3 Å². The van der Waals surface area contributed by atoms with Crippen LogP contribution in [0.1, 0.15) is 31.4 Å². The number of benzene rings is 1.